The van der Waals surface area contributed by atoms with Gasteiger partial charge in [0.05, 0.1) is 18.2 Å². The normalized spacial score (nSPS) is 18.2. The van der Waals surface area contributed by atoms with Crippen LogP contribution in [0.2, 0.25) is 0 Å². The number of amides is 1. The number of aromatic nitrogens is 2. The maximum absolute atomic E-state index is 12.3. The molecular formula is C19H26N4O2. The van der Waals surface area contributed by atoms with Crippen molar-refractivity contribution in [2.75, 3.05) is 19.6 Å². The first-order valence-electron chi connectivity index (χ1n) is 8.69. The predicted molar refractivity (Wildman–Crippen MR) is 97.3 cm³/mol. The van der Waals surface area contributed by atoms with E-state index in [4.69, 9.17) is 4.74 Å². The molecule has 1 aliphatic heterocycles. The molecule has 1 saturated heterocycles. The lowest BCUT2D eigenvalue weighted by Crippen LogP contribution is -2.54. The minimum absolute atomic E-state index is 0.165. The Balaban J connectivity index is 1.66. The summed E-state index contributed by atoms with van der Waals surface area (Å²) in [7, 11) is 0. The van der Waals surface area contributed by atoms with Gasteiger partial charge in [-0.05, 0) is 26.3 Å². The first-order chi connectivity index (χ1) is 11.9. The van der Waals surface area contributed by atoms with Crippen LogP contribution in [0, 0.1) is 0 Å². The Morgan fingerprint density at radius 1 is 1.32 bits per heavy atom. The van der Waals surface area contributed by atoms with E-state index in [1.165, 1.54) is 0 Å². The zero-order chi connectivity index (χ0) is 17.9. The van der Waals surface area contributed by atoms with Crippen LogP contribution in [0.4, 0.5) is 4.79 Å². The fourth-order valence-electron chi connectivity index (χ4n) is 2.99. The standard InChI is InChI=1S/C19H26N4O2/c1-19(2,3)25-18(24)22-10-9-21-16(12-22)13-23-14-20-11-17(23)15-7-5-4-6-8-15/h4-8,11,14,16,21H,9-10,12-13H2,1-3H3/t16-/m1/s1. The zero-order valence-corrected chi connectivity index (χ0v) is 15.1. The molecule has 1 aliphatic rings. The number of piperazine rings is 1. The lowest BCUT2D eigenvalue weighted by Gasteiger charge is -2.35. The molecule has 134 valence electrons. The van der Waals surface area contributed by atoms with Crippen molar-refractivity contribution in [2.24, 2.45) is 0 Å². The Morgan fingerprint density at radius 2 is 2.08 bits per heavy atom. The molecule has 1 aromatic heterocycles. The summed E-state index contributed by atoms with van der Waals surface area (Å²) in [5, 5.41) is 3.49. The van der Waals surface area contributed by atoms with E-state index in [0.29, 0.717) is 13.1 Å². The van der Waals surface area contributed by atoms with Gasteiger partial charge in [-0.15, -0.1) is 0 Å². The molecule has 1 amide bonds. The van der Waals surface area contributed by atoms with Gasteiger partial charge in [0.25, 0.3) is 0 Å². The van der Waals surface area contributed by atoms with Crippen LogP contribution in [0.15, 0.2) is 42.9 Å². The van der Waals surface area contributed by atoms with E-state index in [1.54, 1.807) is 4.90 Å². The molecule has 25 heavy (non-hydrogen) atoms. The zero-order valence-electron chi connectivity index (χ0n) is 15.1. The maximum Gasteiger partial charge on any atom is 0.410 e. The first-order valence-corrected chi connectivity index (χ1v) is 8.69. The minimum Gasteiger partial charge on any atom is -0.444 e. The molecule has 3 rings (SSSR count). The van der Waals surface area contributed by atoms with Gasteiger partial charge < -0.3 is 19.5 Å². The Labute approximate surface area is 148 Å². The van der Waals surface area contributed by atoms with Crippen molar-refractivity contribution in [1.29, 1.82) is 0 Å². The summed E-state index contributed by atoms with van der Waals surface area (Å²) in [5.41, 5.74) is 1.75. The third kappa shape index (κ3) is 4.60. The van der Waals surface area contributed by atoms with E-state index in [-0.39, 0.29) is 12.1 Å². The number of carbonyl (C=O) groups is 1. The second-order valence-electron chi connectivity index (χ2n) is 7.37. The average molecular weight is 342 g/mol. The topological polar surface area (TPSA) is 59.4 Å². The third-order valence-electron chi connectivity index (χ3n) is 4.11. The van der Waals surface area contributed by atoms with Gasteiger partial charge in [0.2, 0.25) is 0 Å². The van der Waals surface area contributed by atoms with Gasteiger partial charge in [0.15, 0.2) is 0 Å². The van der Waals surface area contributed by atoms with E-state index in [9.17, 15) is 4.79 Å². The fraction of sp³-hybridized carbons (Fsp3) is 0.474. The molecule has 0 spiro atoms. The van der Waals surface area contributed by atoms with Crippen LogP contribution in [-0.4, -0.2) is 51.8 Å². The van der Waals surface area contributed by atoms with Crippen LogP contribution < -0.4 is 5.32 Å². The molecule has 6 nitrogen and oxygen atoms in total. The molecular weight excluding hydrogens is 316 g/mol. The van der Waals surface area contributed by atoms with Crippen molar-refractivity contribution in [3.63, 3.8) is 0 Å². The van der Waals surface area contributed by atoms with E-state index >= 15 is 0 Å². The molecule has 1 N–H and O–H groups in total. The molecule has 0 saturated carbocycles. The second kappa shape index (κ2) is 7.27. The van der Waals surface area contributed by atoms with Gasteiger partial charge in [-0.2, -0.15) is 0 Å². The largest absolute Gasteiger partial charge is 0.444 e. The Hall–Kier alpha value is -2.34. The average Bonchev–Trinajstić information content (AvgIpc) is 3.02. The summed E-state index contributed by atoms with van der Waals surface area (Å²) >= 11 is 0. The molecule has 2 heterocycles. The van der Waals surface area contributed by atoms with Crippen LogP contribution in [0.5, 0.6) is 0 Å². The summed E-state index contributed by atoms with van der Waals surface area (Å²) < 4.78 is 7.62. The molecule has 0 bridgehead atoms. The molecule has 1 aromatic carbocycles. The van der Waals surface area contributed by atoms with E-state index in [1.807, 2.05) is 51.5 Å². The van der Waals surface area contributed by atoms with E-state index in [0.717, 1.165) is 24.3 Å². The van der Waals surface area contributed by atoms with Crippen molar-refractivity contribution >= 4 is 6.09 Å². The summed E-state index contributed by atoms with van der Waals surface area (Å²) in [6.07, 6.45) is 3.48. The number of carbonyl (C=O) groups excluding carboxylic acids is 1. The summed E-state index contributed by atoms with van der Waals surface area (Å²) in [6, 6.07) is 10.4. The number of rotatable bonds is 3. The molecule has 0 radical (unpaired) electrons. The van der Waals surface area contributed by atoms with Gasteiger partial charge in [0, 0.05) is 32.2 Å². The van der Waals surface area contributed by atoms with Crippen molar-refractivity contribution in [3.8, 4) is 11.3 Å². The lowest BCUT2D eigenvalue weighted by molar-refractivity contribution is 0.0190. The summed E-state index contributed by atoms with van der Waals surface area (Å²) in [6.45, 7) is 8.48. The molecule has 1 fully saturated rings. The monoisotopic (exact) mass is 342 g/mol. The van der Waals surface area contributed by atoms with Crippen LogP contribution in [0.3, 0.4) is 0 Å². The number of ether oxygens (including phenoxy) is 1. The lowest BCUT2D eigenvalue weighted by atomic mass is 10.1. The number of imidazole rings is 1. The Morgan fingerprint density at radius 3 is 2.80 bits per heavy atom. The number of hydrogen-bond acceptors (Lipinski definition) is 4. The van der Waals surface area contributed by atoms with Gasteiger partial charge in [-0.1, -0.05) is 30.3 Å². The first kappa shape index (κ1) is 17.5. The molecule has 1 atom stereocenters. The highest BCUT2D eigenvalue weighted by Gasteiger charge is 2.27. The van der Waals surface area contributed by atoms with Gasteiger partial charge in [-0.25, -0.2) is 9.78 Å². The van der Waals surface area contributed by atoms with Crippen molar-refractivity contribution in [3.05, 3.63) is 42.9 Å². The van der Waals surface area contributed by atoms with Crippen molar-refractivity contribution in [1.82, 2.24) is 19.8 Å². The summed E-state index contributed by atoms with van der Waals surface area (Å²) in [5.74, 6) is 0. The van der Waals surface area contributed by atoms with Gasteiger partial charge >= 0.3 is 6.09 Å². The minimum atomic E-state index is -0.470. The SMILES string of the molecule is CC(C)(C)OC(=O)N1CCN[C@@H](Cn2cncc2-c2ccccc2)C1. The van der Waals surface area contributed by atoms with Crippen LogP contribution >= 0.6 is 0 Å². The number of nitrogens with one attached hydrogen (secondary N) is 1. The summed E-state index contributed by atoms with van der Waals surface area (Å²) in [4.78, 5) is 18.4. The molecule has 0 unspecified atom stereocenters. The Bertz CT molecular complexity index is 706. The van der Waals surface area contributed by atoms with Gasteiger partial charge in [-0.3, -0.25) is 0 Å². The van der Waals surface area contributed by atoms with Gasteiger partial charge in [0.1, 0.15) is 5.60 Å². The molecule has 2 aromatic rings. The predicted octanol–water partition coefficient (Wildman–Crippen LogP) is 2.76. The smallest absolute Gasteiger partial charge is 0.410 e. The Kier molecular flexibility index (Phi) is 5.08. The molecule has 0 aliphatic carbocycles. The van der Waals surface area contributed by atoms with Crippen LogP contribution in [0.1, 0.15) is 20.8 Å². The van der Waals surface area contributed by atoms with Crippen molar-refractivity contribution < 1.29 is 9.53 Å². The second-order valence-corrected chi connectivity index (χ2v) is 7.37. The molecule has 6 heteroatoms. The number of nitrogens with zero attached hydrogens (tertiary/aromatic N) is 3. The highest BCUT2D eigenvalue weighted by molar-refractivity contribution is 5.68. The fourth-order valence-corrected chi connectivity index (χ4v) is 2.99. The van der Waals surface area contributed by atoms with Crippen LogP contribution in [-0.2, 0) is 11.3 Å². The van der Waals surface area contributed by atoms with E-state index < -0.39 is 5.60 Å². The van der Waals surface area contributed by atoms with E-state index in [2.05, 4.69) is 27.0 Å². The number of hydrogen-bond donors (Lipinski definition) is 1. The maximum atomic E-state index is 12.3. The van der Waals surface area contributed by atoms with Crippen LogP contribution in [0.25, 0.3) is 11.3 Å². The third-order valence-corrected chi connectivity index (χ3v) is 4.11. The number of benzene rings is 1. The highest BCUT2D eigenvalue weighted by atomic mass is 16.6. The van der Waals surface area contributed by atoms with Crippen molar-refractivity contribution in [2.45, 2.75) is 39.0 Å². The highest BCUT2D eigenvalue weighted by Crippen LogP contribution is 2.19. The quantitative estimate of drug-likeness (QED) is 0.932.